The average molecular weight is 358 g/mol. The Hall–Kier alpha value is -0.660. The van der Waals surface area contributed by atoms with Gasteiger partial charge in [0.25, 0.3) is 10.2 Å². The summed E-state index contributed by atoms with van der Waals surface area (Å²) < 4.78 is 29.6. The Morgan fingerprint density at radius 2 is 1.83 bits per heavy atom. The molecule has 3 rings (SSSR count). The number of piperazine rings is 1. The van der Waals surface area contributed by atoms with Crippen LogP contribution >= 0.6 is 11.6 Å². The van der Waals surface area contributed by atoms with E-state index < -0.39 is 10.2 Å². The Morgan fingerprint density at radius 3 is 2.52 bits per heavy atom. The van der Waals surface area contributed by atoms with Crippen LogP contribution in [0.2, 0.25) is 5.02 Å². The molecule has 1 aromatic rings. The number of hydrogen-bond donors (Lipinski definition) is 1. The highest BCUT2D eigenvalue weighted by atomic mass is 35.5. The van der Waals surface area contributed by atoms with Crippen LogP contribution in [0.4, 0.5) is 0 Å². The molecule has 0 aliphatic carbocycles. The molecule has 1 aromatic carbocycles. The minimum absolute atomic E-state index is 0.198. The number of halogens is 1. The summed E-state index contributed by atoms with van der Waals surface area (Å²) in [6.07, 6.45) is 4.14. The summed E-state index contributed by atoms with van der Waals surface area (Å²) >= 11 is 6.10. The largest absolute Gasteiger partial charge is 0.313 e. The third-order valence-electron chi connectivity index (χ3n) is 4.62. The Balaban J connectivity index is 1.88. The summed E-state index contributed by atoms with van der Waals surface area (Å²) in [5.41, 5.74) is 0.947. The van der Waals surface area contributed by atoms with Crippen molar-refractivity contribution in [3.63, 3.8) is 0 Å². The van der Waals surface area contributed by atoms with Crippen molar-refractivity contribution in [1.29, 1.82) is 0 Å². The van der Waals surface area contributed by atoms with E-state index in [0.29, 0.717) is 37.7 Å². The van der Waals surface area contributed by atoms with E-state index in [1.54, 1.807) is 8.61 Å². The molecule has 0 aromatic heterocycles. The van der Waals surface area contributed by atoms with Gasteiger partial charge in [-0.3, -0.25) is 0 Å². The van der Waals surface area contributed by atoms with Gasteiger partial charge in [0.1, 0.15) is 0 Å². The van der Waals surface area contributed by atoms with Crippen LogP contribution in [0.25, 0.3) is 0 Å². The van der Waals surface area contributed by atoms with Crippen LogP contribution in [-0.2, 0) is 10.2 Å². The lowest BCUT2D eigenvalue weighted by molar-refractivity contribution is 0.247. The van der Waals surface area contributed by atoms with E-state index in [0.717, 1.165) is 31.2 Å². The van der Waals surface area contributed by atoms with Crippen LogP contribution in [0.3, 0.4) is 0 Å². The molecule has 2 aliphatic heterocycles. The topological polar surface area (TPSA) is 52.7 Å². The summed E-state index contributed by atoms with van der Waals surface area (Å²) in [6.45, 7) is 3.07. The SMILES string of the molecule is O=S(=O)(N1CCCCCC1)N1CCNCC1c1cccc(Cl)c1. The zero-order valence-electron chi connectivity index (χ0n) is 13.2. The number of hydrogen-bond acceptors (Lipinski definition) is 3. The summed E-state index contributed by atoms with van der Waals surface area (Å²) in [7, 11) is -3.44. The number of benzene rings is 1. The standard InChI is InChI=1S/C16H24ClN3O2S/c17-15-7-5-6-14(12-15)16-13-18-8-11-20(16)23(21,22)19-9-3-1-2-4-10-19/h5-7,12,16,18H,1-4,8-11,13H2. The predicted octanol–water partition coefficient (Wildman–Crippen LogP) is 2.41. The highest BCUT2D eigenvalue weighted by molar-refractivity contribution is 7.86. The second-order valence-electron chi connectivity index (χ2n) is 6.21. The van der Waals surface area contributed by atoms with Crippen LogP contribution in [0.1, 0.15) is 37.3 Å². The van der Waals surface area contributed by atoms with Gasteiger partial charge in [0.15, 0.2) is 0 Å². The maximum absolute atomic E-state index is 13.2. The van der Waals surface area contributed by atoms with Crippen molar-refractivity contribution in [2.24, 2.45) is 0 Å². The minimum atomic E-state index is -3.44. The van der Waals surface area contributed by atoms with Crippen molar-refractivity contribution >= 4 is 21.8 Å². The number of nitrogens with one attached hydrogen (secondary N) is 1. The number of nitrogens with zero attached hydrogens (tertiary/aromatic N) is 2. The highest BCUT2D eigenvalue weighted by Crippen LogP contribution is 2.29. The monoisotopic (exact) mass is 357 g/mol. The molecule has 2 aliphatic rings. The quantitative estimate of drug-likeness (QED) is 0.903. The summed E-state index contributed by atoms with van der Waals surface area (Å²) in [6, 6.07) is 7.31. The highest BCUT2D eigenvalue weighted by Gasteiger charge is 2.37. The molecule has 0 radical (unpaired) electrons. The van der Waals surface area contributed by atoms with Crippen LogP contribution in [0, 0.1) is 0 Å². The first-order chi connectivity index (χ1) is 11.1. The second-order valence-corrected chi connectivity index (χ2v) is 8.52. The molecule has 2 saturated heterocycles. The zero-order valence-corrected chi connectivity index (χ0v) is 14.8. The Bertz CT molecular complexity index is 630. The van der Waals surface area contributed by atoms with Gasteiger partial charge >= 0.3 is 0 Å². The molecule has 1 N–H and O–H groups in total. The first-order valence-electron chi connectivity index (χ1n) is 8.32. The molecular weight excluding hydrogens is 334 g/mol. The third-order valence-corrected chi connectivity index (χ3v) is 6.90. The van der Waals surface area contributed by atoms with Gasteiger partial charge in [-0.1, -0.05) is 36.6 Å². The fourth-order valence-electron chi connectivity index (χ4n) is 3.38. The normalized spacial score (nSPS) is 25.2. The van der Waals surface area contributed by atoms with Crippen LogP contribution in [0.15, 0.2) is 24.3 Å². The van der Waals surface area contributed by atoms with E-state index in [1.807, 2.05) is 24.3 Å². The Morgan fingerprint density at radius 1 is 1.09 bits per heavy atom. The van der Waals surface area contributed by atoms with Gasteiger partial charge in [-0.05, 0) is 30.5 Å². The van der Waals surface area contributed by atoms with Crippen LogP contribution < -0.4 is 5.32 Å². The van der Waals surface area contributed by atoms with E-state index in [2.05, 4.69) is 5.32 Å². The molecule has 0 saturated carbocycles. The fourth-order valence-corrected chi connectivity index (χ4v) is 5.44. The smallest absolute Gasteiger partial charge is 0.282 e. The lowest BCUT2D eigenvalue weighted by Gasteiger charge is -2.38. The van der Waals surface area contributed by atoms with E-state index in [4.69, 9.17) is 11.6 Å². The first kappa shape index (κ1) is 17.2. The van der Waals surface area contributed by atoms with Crippen LogP contribution in [0.5, 0.6) is 0 Å². The van der Waals surface area contributed by atoms with Crippen LogP contribution in [-0.4, -0.2) is 49.8 Å². The molecule has 2 fully saturated rings. The van der Waals surface area contributed by atoms with E-state index in [1.165, 1.54) is 0 Å². The predicted molar refractivity (Wildman–Crippen MR) is 92.7 cm³/mol. The molecule has 2 heterocycles. The molecule has 128 valence electrons. The molecule has 0 amide bonds. The molecule has 7 heteroatoms. The van der Waals surface area contributed by atoms with E-state index >= 15 is 0 Å². The number of rotatable bonds is 3. The maximum Gasteiger partial charge on any atom is 0.282 e. The van der Waals surface area contributed by atoms with Gasteiger partial charge < -0.3 is 5.32 Å². The summed E-state index contributed by atoms with van der Waals surface area (Å²) in [5.74, 6) is 0. The van der Waals surface area contributed by atoms with Crippen molar-refractivity contribution in [3.8, 4) is 0 Å². The molecule has 23 heavy (non-hydrogen) atoms. The summed E-state index contributed by atoms with van der Waals surface area (Å²) in [5, 5.41) is 3.94. The maximum atomic E-state index is 13.2. The third kappa shape index (κ3) is 3.88. The molecule has 5 nitrogen and oxygen atoms in total. The fraction of sp³-hybridized carbons (Fsp3) is 0.625. The van der Waals surface area contributed by atoms with Gasteiger partial charge in [-0.25, -0.2) is 0 Å². The summed E-state index contributed by atoms with van der Waals surface area (Å²) in [4.78, 5) is 0. The van der Waals surface area contributed by atoms with Gasteiger partial charge in [-0.15, -0.1) is 0 Å². The zero-order chi connectivity index (χ0) is 16.3. The van der Waals surface area contributed by atoms with Gasteiger partial charge in [-0.2, -0.15) is 17.0 Å². The average Bonchev–Trinajstić information content (AvgIpc) is 2.85. The van der Waals surface area contributed by atoms with Crippen molar-refractivity contribution in [2.45, 2.75) is 31.7 Å². The molecular formula is C16H24ClN3O2S. The molecule has 0 spiro atoms. The second kappa shape index (κ2) is 7.49. The van der Waals surface area contributed by atoms with Crippen molar-refractivity contribution in [3.05, 3.63) is 34.9 Å². The Labute approximate surface area is 143 Å². The Kier molecular flexibility index (Phi) is 5.59. The van der Waals surface area contributed by atoms with Gasteiger partial charge in [0, 0.05) is 37.7 Å². The molecule has 0 bridgehead atoms. The van der Waals surface area contributed by atoms with Crippen molar-refractivity contribution < 1.29 is 8.42 Å². The molecule has 1 unspecified atom stereocenters. The van der Waals surface area contributed by atoms with E-state index in [9.17, 15) is 8.42 Å². The van der Waals surface area contributed by atoms with Gasteiger partial charge in [0.05, 0.1) is 6.04 Å². The lowest BCUT2D eigenvalue weighted by Crippen LogP contribution is -2.53. The molecule has 1 atom stereocenters. The van der Waals surface area contributed by atoms with Crippen molar-refractivity contribution in [2.75, 3.05) is 32.7 Å². The van der Waals surface area contributed by atoms with Crippen molar-refractivity contribution in [1.82, 2.24) is 13.9 Å². The lowest BCUT2D eigenvalue weighted by atomic mass is 10.1. The van der Waals surface area contributed by atoms with Gasteiger partial charge in [0.2, 0.25) is 0 Å². The minimum Gasteiger partial charge on any atom is -0.313 e. The van der Waals surface area contributed by atoms with E-state index in [-0.39, 0.29) is 6.04 Å². The first-order valence-corrected chi connectivity index (χ1v) is 10.1.